The molecule has 0 bridgehead atoms. The number of hydrogen-bond acceptors (Lipinski definition) is 5. The van der Waals surface area contributed by atoms with Gasteiger partial charge in [0.25, 0.3) is 0 Å². The maximum Gasteiger partial charge on any atom is 0.319 e. The number of nitrogens with one attached hydrogen (secondary N) is 3. The standard InChI is InChI=1S/C21H23ClN6O2/c1-12(2)18(19(23)29)28-20-13-7-3-5-9-15(13)25-17(27-20)11-24-21(30)26-16-10-6-4-8-14(16)22/h3-10,12,18H,11H2,1-2H3,(H2,23,29)(H2,24,26,30)(H,25,27,28)/t18-/m0/s1. The molecule has 0 aliphatic carbocycles. The van der Waals surface area contributed by atoms with Crippen LogP contribution in [0.5, 0.6) is 0 Å². The molecule has 8 nitrogen and oxygen atoms in total. The van der Waals surface area contributed by atoms with E-state index >= 15 is 0 Å². The molecule has 3 aromatic rings. The lowest BCUT2D eigenvalue weighted by molar-refractivity contribution is -0.119. The summed E-state index contributed by atoms with van der Waals surface area (Å²) in [5.74, 6) is 0.379. The van der Waals surface area contributed by atoms with Gasteiger partial charge in [0.05, 0.1) is 22.8 Å². The smallest absolute Gasteiger partial charge is 0.319 e. The van der Waals surface area contributed by atoms with E-state index < -0.39 is 18.0 Å². The molecule has 3 amide bonds. The summed E-state index contributed by atoms with van der Waals surface area (Å²) in [4.78, 5) is 33.0. The van der Waals surface area contributed by atoms with Crippen molar-refractivity contribution in [2.45, 2.75) is 26.4 Å². The van der Waals surface area contributed by atoms with Gasteiger partial charge in [-0.25, -0.2) is 14.8 Å². The van der Waals surface area contributed by atoms with E-state index in [9.17, 15) is 9.59 Å². The molecule has 1 atom stereocenters. The first-order valence-electron chi connectivity index (χ1n) is 9.46. The number of anilines is 2. The van der Waals surface area contributed by atoms with Gasteiger partial charge >= 0.3 is 6.03 Å². The first-order valence-corrected chi connectivity index (χ1v) is 9.84. The van der Waals surface area contributed by atoms with E-state index in [4.69, 9.17) is 17.3 Å². The van der Waals surface area contributed by atoms with Crippen LogP contribution < -0.4 is 21.7 Å². The SMILES string of the molecule is CC(C)[C@H](Nc1nc(CNC(=O)Nc2ccccc2Cl)nc2ccccc12)C(N)=O. The third-order valence-electron chi connectivity index (χ3n) is 4.44. The van der Waals surface area contributed by atoms with Crippen LogP contribution in [0.3, 0.4) is 0 Å². The molecule has 0 aliphatic heterocycles. The molecule has 0 aliphatic rings. The zero-order valence-corrected chi connectivity index (χ0v) is 17.4. The second kappa shape index (κ2) is 9.41. The van der Waals surface area contributed by atoms with E-state index in [1.807, 2.05) is 38.1 Å². The van der Waals surface area contributed by atoms with Gasteiger partial charge in [-0.2, -0.15) is 0 Å². The van der Waals surface area contributed by atoms with Gasteiger partial charge in [-0.15, -0.1) is 0 Å². The van der Waals surface area contributed by atoms with Crippen LogP contribution in [0.2, 0.25) is 5.02 Å². The molecule has 30 heavy (non-hydrogen) atoms. The molecular formula is C21H23ClN6O2. The number of primary amides is 1. The molecular weight excluding hydrogens is 404 g/mol. The first-order chi connectivity index (χ1) is 14.3. The normalized spacial score (nSPS) is 11.9. The van der Waals surface area contributed by atoms with Crippen molar-refractivity contribution in [1.29, 1.82) is 0 Å². The van der Waals surface area contributed by atoms with E-state index in [0.29, 0.717) is 27.9 Å². The average Bonchev–Trinajstić information content (AvgIpc) is 2.71. The number of nitrogens with two attached hydrogens (primary N) is 1. The highest BCUT2D eigenvalue weighted by atomic mass is 35.5. The maximum atomic E-state index is 12.2. The highest BCUT2D eigenvalue weighted by Crippen LogP contribution is 2.23. The van der Waals surface area contributed by atoms with E-state index in [1.165, 1.54) is 0 Å². The van der Waals surface area contributed by atoms with Gasteiger partial charge in [0.15, 0.2) is 5.82 Å². The number of fused-ring (bicyclic) bond motifs is 1. The second-order valence-electron chi connectivity index (χ2n) is 7.06. The minimum Gasteiger partial charge on any atom is -0.368 e. The Balaban J connectivity index is 1.80. The zero-order chi connectivity index (χ0) is 21.7. The number of urea groups is 1. The quantitative estimate of drug-likeness (QED) is 0.460. The Bertz CT molecular complexity index is 1070. The molecule has 156 valence electrons. The molecule has 3 rings (SSSR count). The lowest BCUT2D eigenvalue weighted by Crippen LogP contribution is -2.40. The fourth-order valence-electron chi connectivity index (χ4n) is 2.92. The van der Waals surface area contributed by atoms with Gasteiger partial charge in [0.1, 0.15) is 11.9 Å². The predicted molar refractivity (Wildman–Crippen MR) is 118 cm³/mol. The minimum atomic E-state index is -0.590. The van der Waals surface area contributed by atoms with Crippen LogP contribution in [-0.2, 0) is 11.3 Å². The number of halogens is 1. The molecule has 2 aromatic carbocycles. The fraction of sp³-hybridized carbons (Fsp3) is 0.238. The van der Waals surface area contributed by atoms with E-state index in [1.54, 1.807) is 24.3 Å². The van der Waals surface area contributed by atoms with Gasteiger partial charge in [-0.05, 0) is 30.2 Å². The van der Waals surface area contributed by atoms with Gasteiger partial charge in [0.2, 0.25) is 5.91 Å². The fourth-order valence-corrected chi connectivity index (χ4v) is 3.10. The van der Waals surface area contributed by atoms with E-state index in [2.05, 4.69) is 25.9 Å². The topological polar surface area (TPSA) is 122 Å². The van der Waals surface area contributed by atoms with Crippen molar-refractivity contribution in [3.8, 4) is 0 Å². The molecule has 0 fully saturated rings. The number of aromatic nitrogens is 2. The number of benzene rings is 2. The Kier molecular flexibility index (Phi) is 6.68. The molecule has 1 heterocycles. The largest absolute Gasteiger partial charge is 0.368 e. The highest BCUT2D eigenvalue weighted by molar-refractivity contribution is 6.33. The molecule has 0 saturated heterocycles. The van der Waals surface area contributed by atoms with Gasteiger partial charge < -0.3 is 21.7 Å². The lowest BCUT2D eigenvalue weighted by atomic mass is 10.0. The summed E-state index contributed by atoms with van der Waals surface area (Å²) < 4.78 is 0. The third-order valence-corrected chi connectivity index (χ3v) is 4.77. The minimum absolute atomic E-state index is 0.0285. The predicted octanol–water partition coefficient (Wildman–Crippen LogP) is 3.53. The summed E-state index contributed by atoms with van der Waals surface area (Å²) in [6.45, 7) is 3.87. The van der Waals surface area contributed by atoms with Crippen LogP contribution in [0.4, 0.5) is 16.3 Å². The van der Waals surface area contributed by atoms with Crippen LogP contribution in [0.15, 0.2) is 48.5 Å². The number of carbonyl (C=O) groups excluding carboxylic acids is 2. The maximum absolute atomic E-state index is 12.2. The Morgan fingerprint density at radius 2 is 1.77 bits per heavy atom. The second-order valence-corrected chi connectivity index (χ2v) is 7.47. The monoisotopic (exact) mass is 426 g/mol. The summed E-state index contributed by atoms with van der Waals surface area (Å²) in [7, 11) is 0. The molecule has 0 radical (unpaired) electrons. The third kappa shape index (κ3) is 5.15. The number of nitrogens with zero attached hydrogens (tertiary/aromatic N) is 2. The summed E-state index contributed by atoms with van der Waals surface area (Å²) in [5.41, 5.74) is 6.72. The van der Waals surface area contributed by atoms with Crippen molar-refractivity contribution >= 4 is 45.9 Å². The Morgan fingerprint density at radius 3 is 2.47 bits per heavy atom. The van der Waals surface area contributed by atoms with Crippen LogP contribution in [0.1, 0.15) is 19.7 Å². The zero-order valence-electron chi connectivity index (χ0n) is 16.6. The van der Waals surface area contributed by atoms with Crippen LogP contribution in [0, 0.1) is 5.92 Å². The molecule has 0 saturated carbocycles. The van der Waals surface area contributed by atoms with Crippen LogP contribution in [0.25, 0.3) is 10.9 Å². The van der Waals surface area contributed by atoms with Crippen molar-refractivity contribution in [2.75, 3.05) is 10.6 Å². The summed E-state index contributed by atoms with van der Waals surface area (Å²) in [6.07, 6.45) is 0. The van der Waals surface area contributed by atoms with Crippen molar-refractivity contribution in [1.82, 2.24) is 15.3 Å². The number of carbonyl (C=O) groups is 2. The van der Waals surface area contributed by atoms with Crippen LogP contribution in [-0.4, -0.2) is 27.9 Å². The van der Waals surface area contributed by atoms with Gasteiger partial charge in [-0.1, -0.05) is 49.7 Å². The van der Waals surface area contributed by atoms with E-state index in [-0.39, 0.29) is 12.5 Å². The average molecular weight is 427 g/mol. The molecule has 9 heteroatoms. The molecule has 1 aromatic heterocycles. The Labute approximate surface area is 179 Å². The Hall–Kier alpha value is -3.39. The number of para-hydroxylation sites is 2. The van der Waals surface area contributed by atoms with Crippen molar-refractivity contribution in [3.05, 3.63) is 59.4 Å². The molecule has 0 unspecified atom stereocenters. The van der Waals surface area contributed by atoms with Gasteiger partial charge in [0, 0.05) is 5.39 Å². The van der Waals surface area contributed by atoms with Crippen molar-refractivity contribution in [3.63, 3.8) is 0 Å². The molecule has 0 spiro atoms. The summed E-state index contributed by atoms with van der Waals surface area (Å²) in [5, 5.41) is 9.71. The summed E-state index contributed by atoms with van der Waals surface area (Å²) >= 11 is 6.06. The van der Waals surface area contributed by atoms with E-state index in [0.717, 1.165) is 5.39 Å². The van der Waals surface area contributed by atoms with Crippen LogP contribution >= 0.6 is 11.6 Å². The Morgan fingerprint density at radius 1 is 1.07 bits per heavy atom. The number of rotatable bonds is 7. The first kappa shape index (κ1) is 21.3. The number of amides is 3. The molecule has 5 N–H and O–H groups in total. The van der Waals surface area contributed by atoms with Crippen molar-refractivity contribution in [2.24, 2.45) is 11.7 Å². The van der Waals surface area contributed by atoms with Crippen molar-refractivity contribution < 1.29 is 9.59 Å². The lowest BCUT2D eigenvalue weighted by Gasteiger charge is -2.21. The highest BCUT2D eigenvalue weighted by Gasteiger charge is 2.21. The number of hydrogen-bond donors (Lipinski definition) is 4. The summed E-state index contributed by atoms with van der Waals surface area (Å²) in [6, 6.07) is 13.3. The van der Waals surface area contributed by atoms with Gasteiger partial charge in [-0.3, -0.25) is 4.79 Å².